The molecule has 0 amide bonds. The van der Waals surface area contributed by atoms with Gasteiger partial charge in [0.1, 0.15) is 0 Å². The molecule has 8 nitrogen and oxygen atoms in total. The molecule has 0 bridgehead atoms. The van der Waals surface area contributed by atoms with E-state index in [0.29, 0.717) is 18.1 Å². The Balaban J connectivity index is 1.41. The number of anilines is 2. The standard InChI is InChI=1S/C23H19N7O/c1-16(31)17-7-9-19(10-8-17)26-23-27-22-21(6-4-12-30(22)28-23)18-13-25-29(14-18)15-20-5-2-3-11-24-20/h2-14H,15H2,1H3,(H,26,28). The Kier molecular flexibility index (Phi) is 4.72. The maximum atomic E-state index is 11.5. The zero-order valence-corrected chi connectivity index (χ0v) is 16.8. The third-order valence-electron chi connectivity index (χ3n) is 4.90. The first-order chi connectivity index (χ1) is 15.2. The van der Waals surface area contributed by atoms with Gasteiger partial charge in [0.25, 0.3) is 0 Å². The molecule has 4 aromatic heterocycles. The number of nitrogens with zero attached hydrogens (tertiary/aromatic N) is 6. The molecule has 0 spiro atoms. The summed E-state index contributed by atoms with van der Waals surface area (Å²) in [5, 5.41) is 12.2. The van der Waals surface area contributed by atoms with Crippen LogP contribution in [-0.2, 0) is 6.54 Å². The zero-order valence-electron chi connectivity index (χ0n) is 16.8. The van der Waals surface area contributed by atoms with Gasteiger partial charge in [-0.1, -0.05) is 6.07 Å². The molecule has 1 aromatic carbocycles. The lowest BCUT2D eigenvalue weighted by Crippen LogP contribution is -2.01. The predicted molar refractivity (Wildman–Crippen MR) is 117 cm³/mol. The molecular weight excluding hydrogens is 390 g/mol. The Labute approximate surface area is 178 Å². The summed E-state index contributed by atoms with van der Waals surface area (Å²) in [6, 6.07) is 17.0. The Bertz CT molecular complexity index is 1350. The summed E-state index contributed by atoms with van der Waals surface area (Å²) in [5.41, 5.74) is 5.03. The molecule has 0 fully saturated rings. The SMILES string of the molecule is CC(=O)c1ccc(Nc2nc3c(-c4cnn(Cc5ccccn5)c4)cccn3n2)cc1. The molecule has 0 saturated heterocycles. The van der Waals surface area contributed by atoms with Crippen molar-refractivity contribution in [3.05, 3.63) is 90.6 Å². The van der Waals surface area contributed by atoms with Gasteiger partial charge in [-0.25, -0.2) is 4.52 Å². The van der Waals surface area contributed by atoms with E-state index >= 15 is 0 Å². The van der Waals surface area contributed by atoms with Crippen LogP contribution in [0.1, 0.15) is 23.0 Å². The number of benzene rings is 1. The van der Waals surface area contributed by atoms with Crippen LogP contribution >= 0.6 is 0 Å². The van der Waals surface area contributed by atoms with E-state index < -0.39 is 0 Å². The number of ketones is 1. The summed E-state index contributed by atoms with van der Waals surface area (Å²) < 4.78 is 3.59. The number of hydrogen-bond acceptors (Lipinski definition) is 6. The largest absolute Gasteiger partial charge is 0.323 e. The van der Waals surface area contributed by atoms with Crippen LogP contribution in [0.3, 0.4) is 0 Å². The Morgan fingerprint density at radius 2 is 1.94 bits per heavy atom. The molecule has 0 saturated carbocycles. The molecule has 1 N–H and O–H groups in total. The quantitative estimate of drug-likeness (QED) is 0.427. The van der Waals surface area contributed by atoms with Crippen LogP contribution in [-0.4, -0.2) is 35.1 Å². The smallest absolute Gasteiger partial charge is 0.247 e. The number of carbonyl (C=O) groups excluding carboxylic acids is 1. The third kappa shape index (κ3) is 3.91. The van der Waals surface area contributed by atoms with Crippen molar-refractivity contribution in [2.24, 2.45) is 0 Å². The molecule has 0 radical (unpaired) electrons. The van der Waals surface area contributed by atoms with E-state index in [2.05, 4.69) is 25.5 Å². The summed E-state index contributed by atoms with van der Waals surface area (Å²) in [7, 11) is 0. The molecule has 8 heteroatoms. The van der Waals surface area contributed by atoms with Gasteiger partial charge in [-0.15, -0.1) is 5.10 Å². The zero-order chi connectivity index (χ0) is 21.2. The fourth-order valence-electron chi connectivity index (χ4n) is 3.35. The molecular formula is C23H19N7O. The minimum absolute atomic E-state index is 0.0330. The lowest BCUT2D eigenvalue weighted by atomic mass is 10.1. The first-order valence-electron chi connectivity index (χ1n) is 9.82. The average Bonchev–Trinajstić information content (AvgIpc) is 3.41. The van der Waals surface area contributed by atoms with Crippen molar-refractivity contribution in [1.82, 2.24) is 29.4 Å². The second kappa shape index (κ2) is 7.83. The molecule has 5 rings (SSSR count). The topological polar surface area (TPSA) is 90.0 Å². The predicted octanol–water partition coefficient (Wildman–Crippen LogP) is 3.98. The molecule has 4 heterocycles. The van der Waals surface area contributed by atoms with E-state index in [0.717, 1.165) is 28.2 Å². The number of pyridine rings is 2. The number of fused-ring (bicyclic) bond motifs is 1. The summed E-state index contributed by atoms with van der Waals surface area (Å²) in [5.74, 6) is 0.509. The van der Waals surface area contributed by atoms with Crippen LogP contribution in [0.5, 0.6) is 0 Å². The molecule has 152 valence electrons. The van der Waals surface area contributed by atoms with Crippen molar-refractivity contribution >= 4 is 23.1 Å². The number of nitrogens with one attached hydrogen (secondary N) is 1. The van der Waals surface area contributed by atoms with E-state index in [1.165, 1.54) is 0 Å². The van der Waals surface area contributed by atoms with Gasteiger partial charge in [-0.3, -0.25) is 14.5 Å². The molecule has 31 heavy (non-hydrogen) atoms. The lowest BCUT2D eigenvalue weighted by molar-refractivity contribution is 0.101. The second-order valence-electron chi connectivity index (χ2n) is 7.13. The monoisotopic (exact) mass is 409 g/mol. The van der Waals surface area contributed by atoms with Crippen LogP contribution in [0.2, 0.25) is 0 Å². The number of rotatable bonds is 6. The molecule has 0 aliphatic carbocycles. The van der Waals surface area contributed by atoms with Crippen molar-refractivity contribution < 1.29 is 4.79 Å². The van der Waals surface area contributed by atoms with Gasteiger partial charge in [0.05, 0.1) is 18.4 Å². The third-order valence-corrected chi connectivity index (χ3v) is 4.90. The maximum absolute atomic E-state index is 11.5. The van der Waals surface area contributed by atoms with Gasteiger partial charge in [0.15, 0.2) is 11.4 Å². The van der Waals surface area contributed by atoms with Crippen molar-refractivity contribution in [3.63, 3.8) is 0 Å². The van der Waals surface area contributed by atoms with Crippen LogP contribution in [0.25, 0.3) is 16.8 Å². The van der Waals surface area contributed by atoms with Crippen molar-refractivity contribution in [2.75, 3.05) is 5.32 Å². The Morgan fingerprint density at radius 1 is 1.06 bits per heavy atom. The lowest BCUT2D eigenvalue weighted by Gasteiger charge is -2.02. The number of carbonyl (C=O) groups is 1. The highest BCUT2D eigenvalue weighted by Gasteiger charge is 2.12. The molecule has 0 aliphatic heterocycles. The first-order valence-corrected chi connectivity index (χ1v) is 9.82. The fraction of sp³-hybridized carbons (Fsp3) is 0.0870. The van der Waals surface area contributed by atoms with E-state index in [1.54, 1.807) is 29.8 Å². The summed E-state index contributed by atoms with van der Waals surface area (Å²) in [6.45, 7) is 2.14. The van der Waals surface area contributed by atoms with Gasteiger partial charge in [-0.05, 0) is 55.5 Å². The number of hydrogen-bond donors (Lipinski definition) is 1. The second-order valence-corrected chi connectivity index (χ2v) is 7.13. The molecule has 5 aromatic rings. The van der Waals surface area contributed by atoms with Crippen LogP contribution in [0, 0.1) is 0 Å². The molecule has 0 unspecified atom stereocenters. The summed E-state index contributed by atoms with van der Waals surface area (Å²) in [4.78, 5) is 20.5. The minimum Gasteiger partial charge on any atom is -0.323 e. The van der Waals surface area contributed by atoms with Gasteiger partial charge in [0, 0.05) is 41.0 Å². The van der Waals surface area contributed by atoms with E-state index in [1.807, 2.05) is 65.7 Å². The van der Waals surface area contributed by atoms with Crippen molar-refractivity contribution in [3.8, 4) is 11.1 Å². The summed E-state index contributed by atoms with van der Waals surface area (Å²) >= 11 is 0. The van der Waals surface area contributed by atoms with Crippen molar-refractivity contribution in [1.29, 1.82) is 0 Å². The fourth-order valence-corrected chi connectivity index (χ4v) is 3.35. The normalized spacial score (nSPS) is 11.0. The maximum Gasteiger partial charge on any atom is 0.247 e. The van der Waals surface area contributed by atoms with E-state index in [4.69, 9.17) is 0 Å². The Hall–Kier alpha value is -4.33. The number of Topliss-reactive ketones (excluding diaryl/α,β-unsaturated/α-hetero) is 1. The summed E-state index contributed by atoms with van der Waals surface area (Å²) in [6.07, 6.45) is 7.43. The van der Waals surface area contributed by atoms with Gasteiger partial charge >= 0.3 is 0 Å². The number of aromatic nitrogens is 6. The highest BCUT2D eigenvalue weighted by atomic mass is 16.1. The van der Waals surface area contributed by atoms with Crippen LogP contribution in [0.15, 0.2) is 79.4 Å². The van der Waals surface area contributed by atoms with Crippen molar-refractivity contribution in [2.45, 2.75) is 13.5 Å². The van der Waals surface area contributed by atoms with Crippen LogP contribution in [0.4, 0.5) is 11.6 Å². The van der Waals surface area contributed by atoms with Gasteiger partial charge in [-0.2, -0.15) is 10.1 Å². The molecule has 0 atom stereocenters. The Morgan fingerprint density at radius 3 is 2.71 bits per heavy atom. The van der Waals surface area contributed by atoms with Crippen LogP contribution < -0.4 is 5.32 Å². The minimum atomic E-state index is 0.0330. The van der Waals surface area contributed by atoms with Gasteiger partial charge < -0.3 is 5.32 Å². The van der Waals surface area contributed by atoms with Gasteiger partial charge in [0.2, 0.25) is 5.95 Å². The highest BCUT2D eigenvalue weighted by molar-refractivity contribution is 5.94. The molecule has 0 aliphatic rings. The van der Waals surface area contributed by atoms with E-state index in [9.17, 15) is 4.79 Å². The average molecular weight is 409 g/mol. The highest BCUT2D eigenvalue weighted by Crippen LogP contribution is 2.25. The van der Waals surface area contributed by atoms with E-state index in [-0.39, 0.29) is 5.78 Å². The first kappa shape index (κ1) is 18.7.